The smallest absolute Gasteiger partial charge is 0.270 e. The minimum absolute atomic E-state index is 0.0353. The van der Waals surface area contributed by atoms with Crippen LogP contribution < -0.4 is 5.56 Å². The van der Waals surface area contributed by atoms with Gasteiger partial charge in [-0.05, 0) is 19.4 Å². The van der Waals surface area contributed by atoms with Gasteiger partial charge in [-0.15, -0.1) is 0 Å². The summed E-state index contributed by atoms with van der Waals surface area (Å²) in [6.07, 6.45) is 0.524. The van der Waals surface area contributed by atoms with Gasteiger partial charge in [0.15, 0.2) is 5.82 Å². The van der Waals surface area contributed by atoms with Gasteiger partial charge in [-0.1, -0.05) is 11.2 Å². The summed E-state index contributed by atoms with van der Waals surface area (Å²) in [5, 5.41) is 3.79. The Balaban J connectivity index is 1.46. The standard InChI is InChI=1S/C16H18N4O4/c1-9-17-15(24-18-9)12-6-10-7-20(8-13(10)23-12)16(22)11-4-3-5-14(21)19(11)2/h3-5,10,12-13H,6-8H2,1-2H3/t10-,12-,13+/m0/s1. The number of pyridine rings is 1. The number of aryl methyl sites for hydroxylation is 1. The first-order valence-electron chi connectivity index (χ1n) is 7.94. The first-order chi connectivity index (χ1) is 11.5. The molecule has 0 aliphatic carbocycles. The van der Waals surface area contributed by atoms with Gasteiger partial charge in [-0.25, -0.2) is 0 Å². The zero-order valence-corrected chi connectivity index (χ0v) is 13.5. The molecule has 2 fully saturated rings. The molecule has 2 aromatic heterocycles. The number of carbonyl (C=O) groups excluding carboxylic acids is 1. The Bertz CT molecular complexity index is 829. The Morgan fingerprint density at radius 1 is 1.33 bits per heavy atom. The predicted octanol–water partition coefficient (Wildman–Crippen LogP) is 0.679. The Labute approximate surface area is 138 Å². The van der Waals surface area contributed by atoms with E-state index >= 15 is 0 Å². The van der Waals surface area contributed by atoms with Gasteiger partial charge in [-0.2, -0.15) is 4.98 Å². The van der Waals surface area contributed by atoms with Crippen LogP contribution in [0.5, 0.6) is 0 Å². The van der Waals surface area contributed by atoms with E-state index in [-0.39, 0.29) is 29.6 Å². The molecular formula is C16H18N4O4. The number of rotatable bonds is 2. The summed E-state index contributed by atoms with van der Waals surface area (Å²) in [7, 11) is 1.61. The third kappa shape index (κ3) is 2.43. The summed E-state index contributed by atoms with van der Waals surface area (Å²) in [6.45, 7) is 2.89. The average molecular weight is 330 g/mol. The topological polar surface area (TPSA) is 90.5 Å². The van der Waals surface area contributed by atoms with E-state index in [1.54, 1.807) is 31.0 Å². The first-order valence-corrected chi connectivity index (χ1v) is 7.94. The van der Waals surface area contributed by atoms with Crippen molar-refractivity contribution in [3.05, 3.63) is 46.0 Å². The minimum Gasteiger partial charge on any atom is -0.363 e. The number of carbonyl (C=O) groups is 1. The SMILES string of the molecule is Cc1noc([C@@H]2C[C@H]3CN(C(=O)c4cccc(=O)n4C)C[C@H]3O2)n1. The number of ether oxygens (including phenoxy) is 1. The number of aromatic nitrogens is 3. The lowest BCUT2D eigenvalue weighted by Gasteiger charge is -2.19. The van der Waals surface area contributed by atoms with E-state index < -0.39 is 0 Å². The molecule has 24 heavy (non-hydrogen) atoms. The number of hydrogen-bond acceptors (Lipinski definition) is 6. The molecule has 1 amide bonds. The van der Waals surface area contributed by atoms with Crippen LogP contribution in [-0.2, 0) is 11.8 Å². The molecule has 2 aliphatic rings. The van der Waals surface area contributed by atoms with Gasteiger partial charge < -0.3 is 18.7 Å². The van der Waals surface area contributed by atoms with Crippen LogP contribution >= 0.6 is 0 Å². The normalized spacial score (nSPS) is 25.9. The van der Waals surface area contributed by atoms with Crippen molar-refractivity contribution in [3.8, 4) is 0 Å². The van der Waals surface area contributed by atoms with E-state index in [0.717, 1.165) is 6.42 Å². The van der Waals surface area contributed by atoms with Crippen molar-refractivity contribution in [1.82, 2.24) is 19.6 Å². The van der Waals surface area contributed by atoms with Crippen LogP contribution in [-0.4, -0.2) is 44.7 Å². The van der Waals surface area contributed by atoms with Crippen molar-refractivity contribution in [2.75, 3.05) is 13.1 Å². The highest BCUT2D eigenvalue weighted by Crippen LogP contribution is 2.40. The van der Waals surface area contributed by atoms with Gasteiger partial charge in [-0.3, -0.25) is 9.59 Å². The highest BCUT2D eigenvalue weighted by Gasteiger charge is 2.45. The Morgan fingerprint density at radius 3 is 2.88 bits per heavy atom. The molecule has 0 unspecified atom stereocenters. The molecule has 0 saturated carbocycles. The zero-order chi connectivity index (χ0) is 16.8. The molecule has 0 bridgehead atoms. The maximum atomic E-state index is 12.7. The number of amides is 1. The highest BCUT2D eigenvalue weighted by molar-refractivity contribution is 5.92. The molecule has 2 saturated heterocycles. The fourth-order valence-corrected chi connectivity index (χ4v) is 3.47. The molecule has 0 spiro atoms. The quantitative estimate of drug-likeness (QED) is 0.804. The van der Waals surface area contributed by atoms with Gasteiger partial charge in [0.1, 0.15) is 11.8 Å². The Hall–Kier alpha value is -2.48. The minimum atomic E-state index is -0.195. The molecule has 0 N–H and O–H groups in total. The van der Waals surface area contributed by atoms with Crippen molar-refractivity contribution in [3.63, 3.8) is 0 Å². The van der Waals surface area contributed by atoms with Crippen LogP contribution in [0.2, 0.25) is 0 Å². The van der Waals surface area contributed by atoms with Crippen molar-refractivity contribution in [2.24, 2.45) is 13.0 Å². The number of likely N-dealkylation sites (tertiary alicyclic amines) is 1. The largest absolute Gasteiger partial charge is 0.363 e. The van der Waals surface area contributed by atoms with E-state index in [1.165, 1.54) is 10.6 Å². The lowest BCUT2D eigenvalue weighted by molar-refractivity contribution is 0.0198. The monoisotopic (exact) mass is 330 g/mol. The molecule has 8 nitrogen and oxygen atoms in total. The second-order valence-corrected chi connectivity index (χ2v) is 6.36. The van der Waals surface area contributed by atoms with Crippen LogP contribution in [0.4, 0.5) is 0 Å². The molecule has 2 aromatic rings. The predicted molar refractivity (Wildman–Crippen MR) is 82.3 cm³/mol. The fourth-order valence-electron chi connectivity index (χ4n) is 3.47. The van der Waals surface area contributed by atoms with Crippen molar-refractivity contribution >= 4 is 5.91 Å². The van der Waals surface area contributed by atoms with E-state index in [4.69, 9.17) is 9.26 Å². The molecular weight excluding hydrogens is 312 g/mol. The molecule has 4 rings (SSSR count). The van der Waals surface area contributed by atoms with Crippen molar-refractivity contribution in [1.29, 1.82) is 0 Å². The van der Waals surface area contributed by atoms with Gasteiger partial charge >= 0.3 is 0 Å². The summed E-state index contributed by atoms with van der Waals surface area (Å²) < 4.78 is 12.6. The molecule has 8 heteroatoms. The molecule has 0 radical (unpaired) electrons. The second kappa shape index (κ2) is 5.55. The number of hydrogen-bond donors (Lipinski definition) is 0. The van der Waals surface area contributed by atoms with Crippen LogP contribution in [0.15, 0.2) is 27.5 Å². The van der Waals surface area contributed by atoms with Gasteiger partial charge in [0, 0.05) is 32.1 Å². The number of fused-ring (bicyclic) bond motifs is 1. The number of nitrogens with zero attached hydrogens (tertiary/aromatic N) is 4. The molecule has 126 valence electrons. The van der Waals surface area contributed by atoms with Gasteiger partial charge in [0.05, 0.1) is 6.10 Å². The van der Waals surface area contributed by atoms with E-state index in [9.17, 15) is 9.59 Å². The summed E-state index contributed by atoms with van der Waals surface area (Å²) in [6, 6.07) is 4.72. The van der Waals surface area contributed by atoms with Crippen LogP contribution in [0.3, 0.4) is 0 Å². The maximum Gasteiger partial charge on any atom is 0.270 e. The molecule has 2 aliphatic heterocycles. The Morgan fingerprint density at radius 2 is 2.17 bits per heavy atom. The summed E-state index contributed by atoms with van der Waals surface area (Å²) in [4.78, 5) is 30.3. The summed E-state index contributed by atoms with van der Waals surface area (Å²) in [5.41, 5.74) is 0.204. The van der Waals surface area contributed by atoms with Crippen LogP contribution in [0.1, 0.15) is 34.7 Å². The van der Waals surface area contributed by atoms with Crippen LogP contribution in [0.25, 0.3) is 0 Å². The van der Waals surface area contributed by atoms with Gasteiger partial charge in [0.2, 0.25) is 0 Å². The zero-order valence-electron chi connectivity index (χ0n) is 13.5. The maximum absolute atomic E-state index is 12.7. The van der Waals surface area contributed by atoms with Crippen molar-refractivity contribution < 1.29 is 14.1 Å². The van der Waals surface area contributed by atoms with Crippen molar-refractivity contribution in [2.45, 2.75) is 25.6 Å². The molecule has 0 aromatic carbocycles. The summed E-state index contributed by atoms with van der Waals surface area (Å²) >= 11 is 0. The molecule has 4 heterocycles. The first kappa shape index (κ1) is 15.1. The van der Waals surface area contributed by atoms with E-state index in [2.05, 4.69) is 10.1 Å². The molecule has 3 atom stereocenters. The Kier molecular flexibility index (Phi) is 3.49. The second-order valence-electron chi connectivity index (χ2n) is 6.36. The van der Waals surface area contributed by atoms with E-state index in [1.807, 2.05) is 0 Å². The average Bonchev–Trinajstić information content (AvgIpc) is 3.23. The summed E-state index contributed by atoms with van der Waals surface area (Å²) in [5.74, 6) is 1.20. The highest BCUT2D eigenvalue weighted by atomic mass is 16.5. The lowest BCUT2D eigenvalue weighted by Crippen LogP contribution is -2.34. The third-order valence-corrected chi connectivity index (χ3v) is 4.75. The van der Waals surface area contributed by atoms with Gasteiger partial charge in [0.25, 0.3) is 17.4 Å². The van der Waals surface area contributed by atoms with Crippen LogP contribution in [0, 0.1) is 12.8 Å². The lowest BCUT2D eigenvalue weighted by atomic mass is 10.0. The third-order valence-electron chi connectivity index (χ3n) is 4.75. The fraction of sp³-hybridized carbons (Fsp3) is 0.500. The van der Waals surface area contributed by atoms with E-state index in [0.29, 0.717) is 30.5 Å².